The minimum Gasteiger partial charge on any atom is -0.494 e. The molecule has 0 saturated heterocycles. The number of nitrogens with two attached hydrogens (primary N) is 1. The third-order valence-corrected chi connectivity index (χ3v) is 4.92. The van der Waals surface area contributed by atoms with Gasteiger partial charge < -0.3 is 19.9 Å². The normalized spacial score (nSPS) is 16.6. The zero-order valence-electron chi connectivity index (χ0n) is 18.1. The Labute approximate surface area is 172 Å². The van der Waals surface area contributed by atoms with E-state index in [1.807, 2.05) is 26.0 Å². The number of hydrogen-bond donors (Lipinski definition) is 1. The van der Waals surface area contributed by atoms with E-state index in [9.17, 15) is 10.1 Å². The lowest BCUT2D eigenvalue weighted by atomic mass is 9.79. The Morgan fingerprint density at radius 3 is 2.41 bits per heavy atom. The van der Waals surface area contributed by atoms with Crippen molar-refractivity contribution < 1.29 is 19.0 Å². The van der Waals surface area contributed by atoms with Crippen LogP contribution >= 0.6 is 0 Å². The van der Waals surface area contributed by atoms with E-state index in [1.165, 1.54) is 0 Å². The van der Waals surface area contributed by atoms with Crippen LogP contribution in [-0.2, 0) is 14.3 Å². The van der Waals surface area contributed by atoms with Gasteiger partial charge in [0.05, 0.1) is 24.7 Å². The SMILES string of the molecule is CCOC(=O)C1=C(C)OC(N)=C(C#N)C1c1c(C)cc(OCCC(C)C)cc1C. The summed E-state index contributed by atoms with van der Waals surface area (Å²) in [5, 5.41) is 9.75. The summed E-state index contributed by atoms with van der Waals surface area (Å²) in [6.07, 6.45) is 0.965. The van der Waals surface area contributed by atoms with Crippen LogP contribution in [0.5, 0.6) is 5.75 Å². The van der Waals surface area contributed by atoms with Gasteiger partial charge >= 0.3 is 5.97 Å². The largest absolute Gasteiger partial charge is 0.494 e. The third-order valence-electron chi connectivity index (χ3n) is 4.92. The summed E-state index contributed by atoms with van der Waals surface area (Å²) in [5.74, 6) is 0.541. The summed E-state index contributed by atoms with van der Waals surface area (Å²) in [6, 6.07) is 5.99. The molecule has 0 radical (unpaired) electrons. The quantitative estimate of drug-likeness (QED) is 0.685. The maximum atomic E-state index is 12.7. The van der Waals surface area contributed by atoms with Gasteiger partial charge in [-0.15, -0.1) is 0 Å². The summed E-state index contributed by atoms with van der Waals surface area (Å²) in [7, 11) is 0. The molecule has 1 atom stereocenters. The second kappa shape index (κ2) is 9.51. The maximum Gasteiger partial charge on any atom is 0.338 e. The number of carbonyl (C=O) groups excluding carboxylic acids is 1. The average Bonchev–Trinajstić information content (AvgIpc) is 2.61. The number of allylic oxidation sites excluding steroid dienone is 2. The van der Waals surface area contributed by atoms with Crippen molar-refractivity contribution >= 4 is 5.97 Å². The number of nitriles is 1. The van der Waals surface area contributed by atoms with Crippen LogP contribution in [-0.4, -0.2) is 19.2 Å². The van der Waals surface area contributed by atoms with Crippen LogP contribution in [0.1, 0.15) is 56.7 Å². The molecule has 6 heteroatoms. The number of hydrogen-bond acceptors (Lipinski definition) is 6. The topological polar surface area (TPSA) is 94.6 Å². The molecule has 1 aromatic carbocycles. The Bertz CT molecular complexity index is 868. The zero-order valence-corrected chi connectivity index (χ0v) is 18.1. The Morgan fingerprint density at radius 2 is 1.90 bits per heavy atom. The number of nitrogens with zero attached hydrogens (tertiary/aromatic N) is 1. The molecule has 29 heavy (non-hydrogen) atoms. The molecule has 0 aliphatic carbocycles. The Balaban J connectivity index is 2.54. The van der Waals surface area contributed by atoms with Gasteiger partial charge in [0.2, 0.25) is 5.88 Å². The second-order valence-corrected chi connectivity index (χ2v) is 7.62. The molecule has 1 aromatic rings. The molecule has 0 bridgehead atoms. The van der Waals surface area contributed by atoms with Crippen LogP contribution in [0.2, 0.25) is 0 Å². The summed E-state index contributed by atoms with van der Waals surface area (Å²) in [4.78, 5) is 12.7. The maximum absolute atomic E-state index is 12.7. The molecular formula is C23H30N2O4. The van der Waals surface area contributed by atoms with Gasteiger partial charge in [0.1, 0.15) is 23.2 Å². The smallest absolute Gasteiger partial charge is 0.338 e. The lowest BCUT2D eigenvalue weighted by Gasteiger charge is -2.29. The summed E-state index contributed by atoms with van der Waals surface area (Å²) in [6.45, 7) is 12.4. The van der Waals surface area contributed by atoms with Gasteiger partial charge in [-0.3, -0.25) is 0 Å². The highest BCUT2D eigenvalue weighted by Crippen LogP contribution is 2.43. The first-order valence-electron chi connectivity index (χ1n) is 9.90. The van der Waals surface area contributed by atoms with Crippen molar-refractivity contribution in [2.45, 2.75) is 53.9 Å². The van der Waals surface area contributed by atoms with E-state index in [4.69, 9.17) is 19.9 Å². The fourth-order valence-electron chi connectivity index (χ4n) is 3.53. The molecular weight excluding hydrogens is 368 g/mol. The van der Waals surface area contributed by atoms with Crippen LogP contribution in [0.3, 0.4) is 0 Å². The minimum absolute atomic E-state index is 0.0131. The van der Waals surface area contributed by atoms with Crippen LogP contribution in [0.25, 0.3) is 0 Å². The van der Waals surface area contributed by atoms with Gasteiger partial charge in [0.15, 0.2) is 0 Å². The van der Waals surface area contributed by atoms with Crippen molar-refractivity contribution in [3.05, 3.63) is 51.6 Å². The monoisotopic (exact) mass is 398 g/mol. The second-order valence-electron chi connectivity index (χ2n) is 7.62. The third kappa shape index (κ3) is 4.92. The molecule has 1 aliphatic heterocycles. The lowest BCUT2D eigenvalue weighted by molar-refractivity contribution is -0.139. The van der Waals surface area contributed by atoms with Crippen molar-refractivity contribution in [2.24, 2.45) is 11.7 Å². The average molecular weight is 399 g/mol. The van der Waals surface area contributed by atoms with Crippen molar-refractivity contribution in [3.8, 4) is 11.8 Å². The first-order valence-corrected chi connectivity index (χ1v) is 9.90. The molecule has 2 rings (SSSR count). The number of benzene rings is 1. The lowest BCUT2D eigenvalue weighted by Crippen LogP contribution is -2.26. The summed E-state index contributed by atoms with van der Waals surface area (Å²) in [5.41, 5.74) is 9.16. The Hall–Kier alpha value is -2.94. The molecule has 1 aliphatic rings. The molecule has 2 N–H and O–H groups in total. The van der Waals surface area contributed by atoms with Crippen LogP contribution in [0, 0.1) is 31.1 Å². The highest BCUT2D eigenvalue weighted by Gasteiger charge is 2.37. The highest BCUT2D eigenvalue weighted by atomic mass is 16.5. The van der Waals surface area contributed by atoms with Crippen LogP contribution < -0.4 is 10.5 Å². The van der Waals surface area contributed by atoms with E-state index in [-0.39, 0.29) is 18.1 Å². The van der Waals surface area contributed by atoms with Crippen LogP contribution in [0.4, 0.5) is 0 Å². The molecule has 156 valence electrons. The molecule has 0 saturated carbocycles. The molecule has 0 fully saturated rings. The van der Waals surface area contributed by atoms with Crippen molar-refractivity contribution in [3.63, 3.8) is 0 Å². The Morgan fingerprint density at radius 1 is 1.28 bits per heavy atom. The highest BCUT2D eigenvalue weighted by molar-refractivity contribution is 5.92. The standard InChI is InChI=1S/C23H30N2O4/c1-7-27-23(26)20-16(6)29-22(25)18(12-24)21(20)19-14(4)10-17(11-15(19)5)28-9-8-13(2)3/h10-11,13,21H,7-9,25H2,1-6H3. The number of ether oxygens (including phenoxy) is 3. The predicted molar refractivity (Wildman–Crippen MR) is 111 cm³/mol. The van der Waals surface area contributed by atoms with Gasteiger partial charge in [-0.1, -0.05) is 13.8 Å². The number of esters is 1. The van der Waals surface area contributed by atoms with Gasteiger partial charge in [0.25, 0.3) is 0 Å². The van der Waals surface area contributed by atoms with Gasteiger partial charge in [0, 0.05) is 0 Å². The van der Waals surface area contributed by atoms with Crippen molar-refractivity contribution in [1.82, 2.24) is 0 Å². The van der Waals surface area contributed by atoms with Gasteiger partial charge in [-0.25, -0.2) is 4.79 Å². The molecule has 0 amide bonds. The molecule has 6 nitrogen and oxygen atoms in total. The van der Waals surface area contributed by atoms with Gasteiger partial charge in [-0.2, -0.15) is 5.26 Å². The van der Waals surface area contributed by atoms with E-state index < -0.39 is 11.9 Å². The van der Waals surface area contributed by atoms with Crippen molar-refractivity contribution in [2.75, 3.05) is 13.2 Å². The fraction of sp³-hybridized carbons (Fsp3) is 0.478. The number of rotatable bonds is 7. The minimum atomic E-state index is -0.641. The zero-order chi connectivity index (χ0) is 21.7. The summed E-state index contributed by atoms with van der Waals surface area (Å²) >= 11 is 0. The first-order chi connectivity index (χ1) is 13.7. The van der Waals surface area contributed by atoms with Crippen molar-refractivity contribution in [1.29, 1.82) is 5.26 Å². The number of aryl methyl sites for hydroxylation is 2. The summed E-state index contributed by atoms with van der Waals surface area (Å²) < 4.78 is 16.6. The molecule has 1 unspecified atom stereocenters. The van der Waals surface area contributed by atoms with E-state index in [1.54, 1.807) is 13.8 Å². The van der Waals surface area contributed by atoms with Crippen LogP contribution in [0.15, 0.2) is 34.9 Å². The van der Waals surface area contributed by atoms with E-state index in [0.29, 0.717) is 23.9 Å². The van der Waals surface area contributed by atoms with E-state index in [2.05, 4.69) is 19.9 Å². The fourth-order valence-corrected chi connectivity index (χ4v) is 3.53. The van der Waals surface area contributed by atoms with E-state index >= 15 is 0 Å². The van der Waals surface area contributed by atoms with Gasteiger partial charge in [-0.05, 0) is 68.9 Å². The molecule has 1 heterocycles. The first kappa shape index (κ1) is 22.4. The predicted octanol–water partition coefficient (Wildman–Crippen LogP) is 4.37. The molecule has 0 spiro atoms. The Kier molecular flexibility index (Phi) is 7.33. The number of carbonyl (C=O) groups is 1. The molecule has 0 aromatic heterocycles. The van der Waals surface area contributed by atoms with E-state index in [0.717, 1.165) is 28.9 Å².